The lowest BCUT2D eigenvalue weighted by molar-refractivity contribution is -0.119. The van der Waals surface area contributed by atoms with Gasteiger partial charge in [-0.15, -0.1) is 0 Å². The largest absolute Gasteiger partial charge is 0.368 e. The molecule has 98 valence electrons. The Balaban J connectivity index is 2.16. The van der Waals surface area contributed by atoms with Crippen molar-refractivity contribution >= 4 is 28.6 Å². The van der Waals surface area contributed by atoms with Gasteiger partial charge in [-0.2, -0.15) is 4.98 Å². The molecule has 0 bridgehead atoms. The number of carbonyl (C=O) groups excluding carboxylic acids is 1. The van der Waals surface area contributed by atoms with E-state index in [4.69, 9.17) is 11.5 Å². The number of hydrogen-bond acceptors (Lipinski definition) is 5. The minimum atomic E-state index is -0.321. The third-order valence-electron chi connectivity index (χ3n) is 3.45. The highest BCUT2D eigenvalue weighted by Gasteiger charge is 2.31. The average molecular weight is 257 g/mol. The normalized spacial score (nSPS) is 18.9. The number of para-hydroxylation sites is 1. The summed E-state index contributed by atoms with van der Waals surface area (Å²) in [5, 5.41) is 0.893. The first kappa shape index (κ1) is 11.7. The topological polar surface area (TPSA) is 98.1 Å². The van der Waals surface area contributed by atoms with Crippen LogP contribution in [0.5, 0.6) is 0 Å². The molecule has 2 heterocycles. The van der Waals surface area contributed by atoms with Gasteiger partial charge in [0.25, 0.3) is 0 Å². The number of fused-ring (bicyclic) bond motifs is 1. The molecule has 1 amide bonds. The Labute approximate surface area is 110 Å². The second-order valence-corrected chi connectivity index (χ2v) is 4.68. The van der Waals surface area contributed by atoms with Crippen molar-refractivity contribution in [3.63, 3.8) is 0 Å². The number of nitrogens with two attached hydrogens (primary N) is 2. The Morgan fingerprint density at radius 2 is 2.11 bits per heavy atom. The van der Waals surface area contributed by atoms with Crippen molar-refractivity contribution in [2.45, 2.75) is 18.9 Å². The number of nitrogen functional groups attached to an aromatic ring is 1. The first-order valence-electron chi connectivity index (χ1n) is 6.25. The van der Waals surface area contributed by atoms with Gasteiger partial charge >= 0.3 is 0 Å². The fraction of sp³-hybridized carbons (Fsp3) is 0.308. The van der Waals surface area contributed by atoms with E-state index in [-0.39, 0.29) is 17.9 Å². The van der Waals surface area contributed by atoms with Crippen molar-refractivity contribution in [2.75, 3.05) is 17.2 Å². The molecule has 1 saturated heterocycles. The molecular weight excluding hydrogens is 242 g/mol. The predicted molar refractivity (Wildman–Crippen MR) is 73.5 cm³/mol. The van der Waals surface area contributed by atoms with E-state index in [0.717, 1.165) is 30.3 Å². The van der Waals surface area contributed by atoms with E-state index in [9.17, 15) is 4.79 Å². The monoisotopic (exact) mass is 257 g/mol. The summed E-state index contributed by atoms with van der Waals surface area (Å²) in [6.07, 6.45) is 1.68. The molecule has 0 saturated carbocycles. The van der Waals surface area contributed by atoms with Crippen LogP contribution in [0.3, 0.4) is 0 Å². The summed E-state index contributed by atoms with van der Waals surface area (Å²) in [6.45, 7) is 0.758. The fourth-order valence-corrected chi connectivity index (χ4v) is 2.61. The summed E-state index contributed by atoms with van der Waals surface area (Å²) < 4.78 is 0. The molecule has 1 atom stereocenters. The summed E-state index contributed by atoms with van der Waals surface area (Å²) in [4.78, 5) is 21.9. The zero-order valence-corrected chi connectivity index (χ0v) is 10.4. The molecule has 1 fully saturated rings. The van der Waals surface area contributed by atoms with E-state index >= 15 is 0 Å². The van der Waals surface area contributed by atoms with Crippen molar-refractivity contribution < 1.29 is 4.79 Å². The van der Waals surface area contributed by atoms with Gasteiger partial charge in [0.1, 0.15) is 11.9 Å². The van der Waals surface area contributed by atoms with Crippen LogP contribution < -0.4 is 16.4 Å². The SMILES string of the molecule is NC(=O)C1CCCN1c1nc(N)nc2ccccc12. The van der Waals surface area contributed by atoms with Gasteiger partial charge < -0.3 is 16.4 Å². The third-order valence-corrected chi connectivity index (χ3v) is 3.45. The zero-order valence-electron chi connectivity index (χ0n) is 10.4. The van der Waals surface area contributed by atoms with Crippen LogP contribution in [0.4, 0.5) is 11.8 Å². The second-order valence-electron chi connectivity index (χ2n) is 4.68. The van der Waals surface area contributed by atoms with E-state index in [1.165, 1.54) is 0 Å². The van der Waals surface area contributed by atoms with Crippen molar-refractivity contribution in [3.05, 3.63) is 24.3 Å². The number of benzene rings is 1. The van der Waals surface area contributed by atoms with Crippen LogP contribution in [-0.4, -0.2) is 28.5 Å². The van der Waals surface area contributed by atoms with E-state index < -0.39 is 0 Å². The molecule has 2 aromatic rings. The lowest BCUT2D eigenvalue weighted by atomic mass is 10.2. The molecule has 1 aliphatic heterocycles. The molecule has 1 aromatic heterocycles. The van der Waals surface area contributed by atoms with Crippen LogP contribution in [0.25, 0.3) is 10.9 Å². The first-order valence-corrected chi connectivity index (χ1v) is 6.25. The number of nitrogens with zero attached hydrogens (tertiary/aromatic N) is 3. The highest BCUT2D eigenvalue weighted by Crippen LogP contribution is 2.30. The third kappa shape index (κ3) is 1.95. The standard InChI is InChI=1S/C13H15N5O/c14-11(19)10-6-3-7-18(10)12-8-4-1-2-5-9(8)16-13(15)17-12/h1-2,4-5,10H,3,6-7H2,(H2,14,19)(H2,15,16,17). The maximum atomic E-state index is 11.5. The summed E-state index contributed by atoms with van der Waals surface area (Å²) in [6, 6.07) is 7.32. The number of primary amides is 1. The average Bonchev–Trinajstić information content (AvgIpc) is 2.86. The van der Waals surface area contributed by atoms with Crippen LogP contribution in [0.2, 0.25) is 0 Å². The van der Waals surface area contributed by atoms with Gasteiger partial charge in [-0.3, -0.25) is 4.79 Å². The smallest absolute Gasteiger partial charge is 0.240 e. The summed E-state index contributed by atoms with van der Waals surface area (Å²) in [5.41, 5.74) is 12.0. The van der Waals surface area contributed by atoms with Gasteiger partial charge in [0, 0.05) is 11.9 Å². The Morgan fingerprint density at radius 3 is 2.89 bits per heavy atom. The molecule has 0 spiro atoms. The van der Waals surface area contributed by atoms with Crippen LogP contribution in [0, 0.1) is 0 Å². The highest BCUT2D eigenvalue weighted by molar-refractivity contribution is 5.93. The van der Waals surface area contributed by atoms with Gasteiger partial charge in [0.2, 0.25) is 11.9 Å². The fourth-order valence-electron chi connectivity index (χ4n) is 2.61. The summed E-state index contributed by atoms with van der Waals surface area (Å²) in [7, 11) is 0. The van der Waals surface area contributed by atoms with Crippen molar-refractivity contribution in [2.24, 2.45) is 5.73 Å². The number of aromatic nitrogens is 2. The molecule has 0 radical (unpaired) electrons. The highest BCUT2D eigenvalue weighted by atomic mass is 16.1. The van der Waals surface area contributed by atoms with Gasteiger partial charge in [0.15, 0.2) is 0 Å². The van der Waals surface area contributed by atoms with Crippen molar-refractivity contribution in [1.29, 1.82) is 0 Å². The molecule has 0 aliphatic carbocycles. The number of anilines is 2. The van der Waals surface area contributed by atoms with Gasteiger partial charge in [-0.25, -0.2) is 4.98 Å². The lowest BCUT2D eigenvalue weighted by Crippen LogP contribution is -2.41. The number of rotatable bonds is 2. The lowest BCUT2D eigenvalue weighted by Gasteiger charge is -2.24. The zero-order chi connectivity index (χ0) is 13.4. The molecular formula is C13H15N5O. The van der Waals surface area contributed by atoms with Crippen molar-refractivity contribution in [1.82, 2.24) is 9.97 Å². The van der Waals surface area contributed by atoms with Gasteiger partial charge in [-0.05, 0) is 25.0 Å². The maximum absolute atomic E-state index is 11.5. The van der Waals surface area contributed by atoms with E-state index in [0.29, 0.717) is 5.82 Å². The number of carbonyl (C=O) groups is 1. The van der Waals surface area contributed by atoms with E-state index in [1.807, 2.05) is 29.2 Å². The molecule has 3 rings (SSSR count). The second kappa shape index (κ2) is 4.38. The minimum Gasteiger partial charge on any atom is -0.368 e. The Bertz CT molecular complexity index is 642. The molecule has 4 N–H and O–H groups in total. The molecule has 1 unspecified atom stereocenters. The maximum Gasteiger partial charge on any atom is 0.240 e. The first-order chi connectivity index (χ1) is 9.16. The number of amides is 1. The summed E-state index contributed by atoms with van der Waals surface area (Å²) in [5.74, 6) is 0.590. The molecule has 6 nitrogen and oxygen atoms in total. The Hall–Kier alpha value is -2.37. The van der Waals surface area contributed by atoms with Gasteiger partial charge in [-0.1, -0.05) is 12.1 Å². The van der Waals surface area contributed by atoms with Crippen LogP contribution in [0.15, 0.2) is 24.3 Å². The Morgan fingerprint density at radius 1 is 1.32 bits per heavy atom. The quantitative estimate of drug-likeness (QED) is 0.823. The van der Waals surface area contributed by atoms with Crippen LogP contribution in [0.1, 0.15) is 12.8 Å². The van der Waals surface area contributed by atoms with Crippen molar-refractivity contribution in [3.8, 4) is 0 Å². The predicted octanol–water partition coefficient (Wildman–Crippen LogP) is 0.666. The van der Waals surface area contributed by atoms with Gasteiger partial charge in [0.05, 0.1) is 5.52 Å². The number of hydrogen-bond donors (Lipinski definition) is 2. The van der Waals surface area contributed by atoms with Crippen LogP contribution in [-0.2, 0) is 4.79 Å². The Kier molecular flexibility index (Phi) is 2.70. The summed E-state index contributed by atoms with van der Waals surface area (Å²) >= 11 is 0. The molecule has 6 heteroatoms. The minimum absolute atomic E-state index is 0.212. The van der Waals surface area contributed by atoms with Crippen LogP contribution >= 0.6 is 0 Å². The van der Waals surface area contributed by atoms with E-state index in [1.54, 1.807) is 0 Å². The molecule has 19 heavy (non-hydrogen) atoms. The molecule has 1 aliphatic rings. The molecule has 1 aromatic carbocycles. The van der Waals surface area contributed by atoms with E-state index in [2.05, 4.69) is 9.97 Å².